The molecule has 5 heteroatoms. The lowest BCUT2D eigenvalue weighted by Gasteiger charge is -2.20. The van der Waals surface area contributed by atoms with E-state index in [1.165, 1.54) is 17.5 Å². The van der Waals surface area contributed by atoms with Crippen LogP contribution in [0.5, 0.6) is 0 Å². The lowest BCUT2D eigenvalue weighted by atomic mass is 9.89. The summed E-state index contributed by atoms with van der Waals surface area (Å²) in [5, 5.41) is 7.48. The Hall–Kier alpha value is -1.62. The largest absolute Gasteiger partial charge is 0.308 e. The molecule has 0 bridgehead atoms. The highest BCUT2D eigenvalue weighted by Crippen LogP contribution is 2.27. The van der Waals surface area contributed by atoms with Gasteiger partial charge in [0.25, 0.3) is 0 Å². The summed E-state index contributed by atoms with van der Waals surface area (Å²) in [6.07, 6.45) is 7.46. The van der Waals surface area contributed by atoms with E-state index in [4.69, 9.17) is 0 Å². The van der Waals surface area contributed by atoms with E-state index >= 15 is 0 Å². The number of rotatable bonds is 4. The first-order valence-electron chi connectivity index (χ1n) is 8.21. The van der Waals surface area contributed by atoms with E-state index in [0.29, 0.717) is 12.4 Å². The van der Waals surface area contributed by atoms with Crippen LogP contribution in [0, 0.1) is 12.8 Å². The number of aryl methyl sites for hydroxylation is 1. The number of nitrogens with one attached hydrogen (secondary N) is 1. The molecule has 0 radical (unpaired) electrons. The Morgan fingerprint density at radius 3 is 2.65 bits per heavy atom. The number of benzene rings is 1. The van der Waals surface area contributed by atoms with Crippen molar-refractivity contribution in [1.82, 2.24) is 9.78 Å². The number of amides is 1. The molecule has 1 aromatic carbocycles. The summed E-state index contributed by atoms with van der Waals surface area (Å²) in [7, 11) is 0. The lowest BCUT2D eigenvalue weighted by molar-refractivity contribution is -0.120. The van der Waals surface area contributed by atoms with Gasteiger partial charge in [-0.15, -0.1) is 0 Å². The van der Waals surface area contributed by atoms with Gasteiger partial charge in [-0.3, -0.25) is 9.48 Å². The van der Waals surface area contributed by atoms with E-state index in [2.05, 4.69) is 57.5 Å². The first kappa shape index (κ1) is 16.2. The number of hydrogen-bond donors (Lipinski definition) is 1. The van der Waals surface area contributed by atoms with Gasteiger partial charge in [0.05, 0.1) is 11.0 Å². The Morgan fingerprint density at radius 1 is 1.26 bits per heavy atom. The number of carbonyl (C=O) groups is 1. The molecule has 122 valence electrons. The van der Waals surface area contributed by atoms with Crippen LogP contribution in [0.15, 0.2) is 34.9 Å². The van der Waals surface area contributed by atoms with Crippen molar-refractivity contribution in [2.45, 2.75) is 45.6 Å². The van der Waals surface area contributed by atoms with Crippen LogP contribution >= 0.6 is 15.9 Å². The Morgan fingerprint density at radius 2 is 1.96 bits per heavy atom. The normalized spacial score (nSPS) is 15.6. The Bertz CT molecular complexity index is 672. The Kier molecular flexibility index (Phi) is 5.16. The molecule has 0 unspecified atom stereocenters. The molecule has 1 heterocycles. The molecule has 3 rings (SSSR count). The van der Waals surface area contributed by atoms with Gasteiger partial charge >= 0.3 is 0 Å². The average Bonchev–Trinajstić information content (AvgIpc) is 2.90. The summed E-state index contributed by atoms with van der Waals surface area (Å²) in [6, 6.07) is 8.40. The summed E-state index contributed by atoms with van der Waals surface area (Å²) in [4.78, 5) is 12.3. The van der Waals surface area contributed by atoms with Gasteiger partial charge in [0.1, 0.15) is 0 Å². The van der Waals surface area contributed by atoms with E-state index in [-0.39, 0.29) is 11.8 Å². The molecule has 0 atom stereocenters. The van der Waals surface area contributed by atoms with Gasteiger partial charge in [-0.05, 0) is 41.3 Å². The van der Waals surface area contributed by atoms with Crippen LogP contribution in [0.3, 0.4) is 0 Å². The standard InChI is InChI=1S/C18H22BrN3O/c1-13-7-9-14(10-8-13)11-22-12-16(19)17(21-22)20-18(23)15-5-3-2-4-6-15/h7-10,12,15H,2-6,11H2,1H3,(H,20,21,23). The summed E-state index contributed by atoms with van der Waals surface area (Å²) in [5.41, 5.74) is 2.44. The second-order valence-corrected chi connectivity index (χ2v) is 7.19. The van der Waals surface area contributed by atoms with Crippen molar-refractivity contribution >= 4 is 27.7 Å². The van der Waals surface area contributed by atoms with Crippen LogP contribution in [0.4, 0.5) is 5.82 Å². The third-order valence-electron chi connectivity index (χ3n) is 4.40. The van der Waals surface area contributed by atoms with Gasteiger partial charge in [0.2, 0.25) is 5.91 Å². The van der Waals surface area contributed by atoms with Crippen LogP contribution in [0.2, 0.25) is 0 Å². The van der Waals surface area contributed by atoms with E-state index in [9.17, 15) is 4.79 Å². The first-order chi connectivity index (χ1) is 11.1. The molecule has 1 aromatic heterocycles. The third-order valence-corrected chi connectivity index (χ3v) is 4.98. The number of halogens is 1. The van der Waals surface area contributed by atoms with Crippen LogP contribution in [-0.2, 0) is 11.3 Å². The molecule has 1 fully saturated rings. The second kappa shape index (κ2) is 7.30. The average molecular weight is 376 g/mol. The predicted octanol–water partition coefficient (Wildman–Crippen LogP) is 4.52. The van der Waals surface area contributed by atoms with Crippen molar-refractivity contribution in [2.75, 3.05) is 5.32 Å². The number of anilines is 1. The highest BCUT2D eigenvalue weighted by Gasteiger charge is 2.22. The van der Waals surface area contributed by atoms with Crippen molar-refractivity contribution in [2.24, 2.45) is 5.92 Å². The molecular weight excluding hydrogens is 354 g/mol. The van der Waals surface area contributed by atoms with Gasteiger partial charge in [-0.1, -0.05) is 49.1 Å². The zero-order chi connectivity index (χ0) is 16.2. The fraction of sp³-hybridized carbons (Fsp3) is 0.444. The van der Waals surface area contributed by atoms with E-state index in [1.54, 1.807) is 0 Å². The molecule has 1 saturated carbocycles. The highest BCUT2D eigenvalue weighted by molar-refractivity contribution is 9.10. The van der Waals surface area contributed by atoms with Crippen molar-refractivity contribution in [1.29, 1.82) is 0 Å². The molecule has 1 amide bonds. The Labute approximate surface area is 145 Å². The monoisotopic (exact) mass is 375 g/mol. The van der Waals surface area contributed by atoms with Gasteiger partial charge < -0.3 is 5.32 Å². The molecule has 2 aromatic rings. The molecule has 23 heavy (non-hydrogen) atoms. The zero-order valence-electron chi connectivity index (χ0n) is 13.4. The molecule has 1 N–H and O–H groups in total. The van der Waals surface area contributed by atoms with Crippen LogP contribution in [-0.4, -0.2) is 15.7 Å². The summed E-state index contributed by atoms with van der Waals surface area (Å²) >= 11 is 3.50. The van der Waals surface area contributed by atoms with E-state index < -0.39 is 0 Å². The van der Waals surface area contributed by atoms with Gasteiger partial charge in [0.15, 0.2) is 5.82 Å². The van der Waals surface area contributed by atoms with E-state index in [0.717, 1.165) is 30.2 Å². The van der Waals surface area contributed by atoms with Crippen LogP contribution in [0.25, 0.3) is 0 Å². The minimum absolute atomic E-state index is 0.103. The number of hydrogen-bond acceptors (Lipinski definition) is 2. The highest BCUT2D eigenvalue weighted by atomic mass is 79.9. The fourth-order valence-electron chi connectivity index (χ4n) is 3.03. The number of nitrogens with zero attached hydrogens (tertiary/aromatic N) is 2. The van der Waals surface area contributed by atoms with Crippen molar-refractivity contribution in [3.8, 4) is 0 Å². The molecule has 1 aliphatic carbocycles. The maximum absolute atomic E-state index is 12.3. The van der Waals surface area contributed by atoms with Gasteiger partial charge in [-0.2, -0.15) is 5.10 Å². The van der Waals surface area contributed by atoms with Crippen LogP contribution < -0.4 is 5.32 Å². The smallest absolute Gasteiger partial charge is 0.228 e. The van der Waals surface area contributed by atoms with Crippen molar-refractivity contribution in [3.63, 3.8) is 0 Å². The quantitative estimate of drug-likeness (QED) is 0.853. The molecule has 0 spiro atoms. The first-order valence-corrected chi connectivity index (χ1v) is 9.00. The SMILES string of the molecule is Cc1ccc(Cn2cc(Br)c(NC(=O)C3CCCCC3)n2)cc1. The second-order valence-electron chi connectivity index (χ2n) is 6.33. The van der Waals surface area contributed by atoms with Gasteiger partial charge in [0, 0.05) is 12.1 Å². The van der Waals surface area contributed by atoms with Crippen molar-refractivity contribution in [3.05, 3.63) is 46.1 Å². The summed E-state index contributed by atoms with van der Waals surface area (Å²) < 4.78 is 2.68. The molecule has 4 nitrogen and oxygen atoms in total. The minimum atomic E-state index is 0.103. The number of aromatic nitrogens is 2. The van der Waals surface area contributed by atoms with Gasteiger partial charge in [-0.25, -0.2) is 0 Å². The topological polar surface area (TPSA) is 46.9 Å². The summed E-state index contributed by atoms with van der Waals surface area (Å²) in [6.45, 7) is 2.77. The maximum Gasteiger partial charge on any atom is 0.228 e. The molecular formula is C18H22BrN3O. The summed E-state index contributed by atoms with van der Waals surface area (Å²) in [5.74, 6) is 0.858. The molecule has 1 aliphatic rings. The maximum atomic E-state index is 12.3. The Balaban J connectivity index is 1.65. The van der Waals surface area contributed by atoms with Crippen molar-refractivity contribution < 1.29 is 4.79 Å². The third kappa shape index (κ3) is 4.22. The fourth-order valence-corrected chi connectivity index (χ4v) is 3.44. The van der Waals surface area contributed by atoms with E-state index in [1.807, 2.05) is 10.9 Å². The minimum Gasteiger partial charge on any atom is -0.308 e. The lowest BCUT2D eigenvalue weighted by Crippen LogP contribution is -2.25. The molecule has 0 aliphatic heterocycles. The zero-order valence-corrected chi connectivity index (χ0v) is 15.0. The predicted molar refractivity (Wildman–Crippen MR) is 95.4 cm³/mol. The van der Waals surface area contributed by atoms with Crippen LogP contribution in [0.1, 0.15) is 43.2 Å². The molecule has 0 saturated heterocycles. The number of carbonyl (C=O) groups excluding carboxylic acids is 1.